The largest absolute Gasteiger partial charge is 0.482 e. The predicted molar refractivity (Wildman–Crippen MR) is 67.5 cm³/mol. The van der Waals surface area contributed by atoms with Crippen LogP contribution < -0.4 is 20.7 Å². The number of carbonyl (C=O) groups is 1. The van der Waals surface area contributed by atoms with Gasteiger partial charge in [-0.05, 0) is 25.1 Å². The van der Waals surface area contributed by atoms with Gasteiger partial charge in [0.1, 0.15) is 5.75 Å². The number of hydrogen-bond donors (Lipinski definition) is 2. The Morgan fingerprint density at radius 2 is 2.35 bits per heavy atom. The monoisotopic (exact) mass is 235 g/mol. The second-order valence-corrected chi connectivity index (χ2v) is 4.20. The Balaban J connectivity index is 2.37. The average Bonchev–Trinajstić information content (AvgIpc) is 2.32. The standard InChI is InChI=1S/C12H17N3O2/c1-8(13)6-15-10-5-9(14-2)3-4-11(10)17-7-12(15)16/h3-5,8,14H,6-7,13H2,1-2H3. The summed E-state index contributed by atoms with van der Waals surface area (Å²) < 4.78 is 5.39. The quantitative estimate of drug-likeness (QED) is 0.813. The van der Waals surface area contributed by atoms with Crippen LogP contribution in [0.2, 0.25) is 0 Å². The smallest absolute Gasteiger partial charge is 0.265 e. The van der Waals surface area contributed by atoms with Crippen molar-refractivity contribution in [3.63, 3.8) is 0 Å². The molecule has 1 aliphatic heterocycles. The first-order valence-corrected chi connectivity index (χ1v) is 5.62. The van der Waals surface area contributed by atoms with Crippen LogP contribution in [0, 0.1) is 0 Å². The van der Waals surface area contributed by atoms with Gasteiger partial charge in [0.25, 0.3) is 5.91 Å². The highest BCUT2D eigenvalue weighted by molar-refractivity contribution is 5.98. The second-order valence-electron chi connectivity index (χ2n) is 4.20. The van der Waals surface area contributed by atoms with Gasteiger partial charge in [0.15, 0.2) is 6.61 Å². The van der Waals surface area contributed by atoms with Crippen molar-refractivity contribution in [1.82, 2.24) is 0 Å². The van der Waals surface area contributed by atoms with E-state index >= 15 is 0 Å². The van der Waals surface area contributed by atoms with E-state index in [2.05, 4.69) is 5.32 Å². The van der Waals surface area contributed by atoms with Crippen molar-refractivity contribution >= 4 is 17.3 Å². The SMILES string of the molecule is CNc1ccc2c(c1)N(CC(C)N)C(=O)CO2. The number of nitrogens with one attached hydrogen (secondary N) is 1. The first kappa shape index (κ1) is 11.7. The summed E-state index contributed by atoms with van der Waals surface area (Å²) in [4.78, 5) is 13.5. The van der Waals surface area contributed by atoms with E-state index in [-0.39, 0.29) is 18.6 Å². The molecular weight excluding hydrogens is 218 g/mol. The summed E-state index contributed by atoms with van der Waals surface area (Å²) in [6.45, 7) is 2.46. The molecule has 1 aliphatic rings. The summed E-state index contributed by atoms with van der Waals surface area (Å²) in [6, 6.07) is 5.61. The topological polar surface area (TPSA) is 67.6 Å². The van der Waals surface area contributed by atoms with E-state index < -0.39 is 0 Å². The van der Waals surface area contributed by atoms with Crippen LogP contribution in [0.3, 0.4) is 0 Å². The molecule has 0 bridgehead atoms. The summed E-state index contributed by atoms with van der Waals surface area (Å²) in [5, 5.41) is 3.04. The highest BCUT2D eigenvalue weighted by Gasteiger charge is 2.26. The molecule has 1 unspecified atom stereocenters. The molecule has 1 atom stereocenters. The summed E-state index contributed by atoms with van der Waals surface area (Å²) in [5.41, 5.74) is 7.49. The lowest BCUT2D eigenvalue weighted by Crippen LogP contribution is -2.44. The van der Waals surface area contributed by atoms with Crippen LogP contribution in [0.1, 0.15) is 6.92 Å². The van der Waals surface area contributed by atoms with Crippen molar-refractivity contribution in [3.8, 4) is 5.75 Å². The van der Waals surface area contributed by atoms with Gasteiger partial charge in [-0.25, -0.2) is 0 Å². The van der Waals surface area contributed by atoms with Crippen molar-refractivity contribution in [3.05, 3.63) is 18.2 Å². The van der Waals surface area contributed by atoms with Crippen LogP contribution in [0.15, 0.2) is 18.2 Å². The molecule has 0 spiro atoms. The zero-order chi connectivity index (χ0) is 12.4. The van der Waals surface area contributed by atoms with Gasteiger partial charge in [-0.3, -0.25) is 4.79 Å². The minimum atomic E-state index is -0.0665. The van der Waals surface area contributed by atoms with E-state index in [0.29, 0.717) is 6.54 Å². The van der Waals surface area contributed by atoms with Crippen LogP contribution in [-0.4, -0.2) is 32.1 Å². The second kappa shape index (κ2) is 4.63. The van der Waals surface area contributed by atoms with Gasteiger partial charge in [0.05, 0.1) is 5.69 Å². The first-order chi connectivity index (χ1) is 8.11. The third-order valence-electron chi connectivity index (χ3n) is 2.66. The molecule has 92 valence electrons. The van der Waals surface area contributed by atoms with Crippen molar-refractivity contribution in [2.24, 2.45) is 5.73 Å². The number of fused-ring (bicyclic) bond motifs is 1. The Hall–Kier alpha value is -1.75. The van der Waals surface area contributed by atoms with Gasteiger partial charge in [0.2, 0.25) is 0 Å². The molecule has 1 amide bonds. The molecule has 1 heterocycles. The maximum atomic E-state index is 11.8. The van der Waals surface area contributed by atoms with Crippen LogP contribution in [0.4, 0.5) is 11.4 Å². The molecule has 17 heavy (non-hydrogen) atoms. The third-order valence-corrected chi connectivity index (χ3v) is 2.66. The summed E-state index contributed by atoms with van der Waals surface area (Å²) >= 11 is 0. The number of benzene rings is 1. The van der Waals surface area contributed by atoms with Crippen molar-refractivity contribution in [1.29, 1.82) is 0 Å². The summed E-state index contributed by atoms with van der Waals surface area (Å²) in [5.74, 6) is 0.673. The molecule has 1 aromatic rings. The Labute approximate surface area is 101 Å². The summed E-state index contributed by atoms with van der Waals surface area (Å²) in [6.07, 6.45) is 0. The highest BCUT2D eigenvalue weighted by Crippen LogP contribution is 2.34. The zero-order valence-electron chi connectivity index (χ0n) is 10.1. The molecule has 2 rings (SSSR count). The minimum absolute atomic E-state index is 0.0527. The number of nitrogens with two attached hydrogens (primary N) is 1. The molecule has 0 fully saturated rings. The predicted octanol–water partition coefficient (Wildman–Crippen LogP) is 0.801. The van der Waals surface area contributed by atoms with Crippen LogP contribution >= 0.6 is 0 Å². The lowest BCUT2D eigenvalue weighted by molar-refractivity contribution is -0.121. The minimum Gasteiger partial charge on any atom is -0.482 e. The molecule has 0 aromatic heterocycles. The summed E-state index contributed by atoms with van der Waals surface area (Å²) in [7, 11) is 1.84. The van der Waals surface area contributed by atoms with E-state index in [1.165, 1.54) is 0 Å². The number of amides is 1. The van der Waals surface area contributed by atoms with Gasteiger partial charge in [-0.1, -0.05) is 0 Å². The van der Waals surface area contributed by atoms with Crippen LogP contribution in [0.25, 0.3) is 0 Å². The highest BCUT2D eigenvalue weighted by atomic mass is 16.5. The fraction of sp³-hybridized carbons (Fsp3) is 0.417. The first-order valence-electron chi connectivity index (χ1n) is 5.62. The van der Waals surface area contributed by atoms with Gasteiger partial charge >= 0.3 is 0 Å². The molecule has 5 nitrogen and oxygen atoms in total. The lowest BCUT2D eigenvalue weighted by atomic mass is 10.2. The molecule has 3 N–H and O–H groups in total. The van der Waals surface area contributed by atoms with E-state index in [1.54, 1.807) is 4.90 Å². The Morgan fingerprint density at radius 1 is 1.59 bits per heavy atom. The number of nitrogens with zero attached hydrogens (tertiary/aromatic N) is 1. The van der Waals surface area contributed by atoms with Gasteiger partial charge in [-0.2, -0.15) is 0 Å². The molecule has 0 aliphatic carbocycles. The number of rotatable bonds is 3. The van der Waals surface area contributed by atoms with Gasteiger partial charge < -0.3 is 20.7 Å². The molecule has 0 radical (unpaired) electrons. The van der Waals surface area contributed by atoms with Gasteiger partial charge in [0, 0.05) is 25.3 Å². The van der Waals surface area contributed by atoms with Crippen LogP contribution in [0.5, 0.6) is 5.75 Å². The number of carbonyl (C=O) groups excluding carboxylic acids is 1. The molecule has 0 saturated heterocycles. The van der Waals surface area contributed by atoms with E-state index in [1.807, 2.05) is 32.2 Å². The van der Waals surface area contributed by atoms with Crippen molar-refractivity contribution in [2.75, 3.05) is 30.4 Å². The fourth-order valence-corrected chi connectivity index (χ4v) is 1.85. The van der Waals surface area contributed by atoms with E-state index in [4.69, 9.17) is 10.5 Å². The normalized spacial score (nSPS) is 16.2. The number of anilines is 2. The zero-order valence-corrected chi connectivity index (χ0v) is 10.1. The van der Waals surface area contributed by atoms with Crippen molar-refractivity contribution in [2.45, 2.75) is 13.0 Å². The Kier molecular flexibility index (Phi) is 3.19. The lowest BCUT2D eigenvalue weighted by Gasteiger charge is -2.30. The molecular formula is C12H17N3O2. The Morgan fingerprint density at radius 3 is 3.00 bits per heavy atom. The van der Waals surface area contributed by atoms with E-state index in [0.717, 1.165) is 17.1 Å². The van der Waals surface area contributed by atoms with Crippen LogP contribution in [-0.2, 0) is 4.79 Å². The molecule has 1 aromatic carbocycles. The van der Waals surface area contributed by atoms with Gasteiger partial charge in [-0.15, -0.1) is 0 Å². The molecule has 0 saturated carbocycles. The third kappa shape index (κ3) is 2.34. The average molecular weight is 235 g/mol. The molecule has 5 heteroatoms. The fourth-order valence-electron chi connectivity index (χ4n) is 1.85. The van der Waals surface area contributed by atoms with E-state index in [9.17, 15) is 4.79 Å². The Bertz CT molecular complexity index is 432. The maximum absolute atomic E-state index is 11.8. The maximum Gasteiger partial charge on any atom is 0.265 e. The van der Waals surface area contributed by atoms with Crippen molar-refractivity contribution < 1.29 is 9.53 Å². The number of hydrogen-bond acceptors (Lipinski definition) is 4. The number of ether oxygens (including phenoxy) is 1.